The molecule has 3 rings (SSSR count). The average Bonchev–Trinajstić information content (AvgIpc) is 3.22. The van der Waals surface area contributed by atoms with Crippen LogP contribution in [0.4, 0.5) is 5.69 Å². The van der Waals surface area contributed by atoms with E-state index in [1.165, 1.54) is 5.69 Å². The van der Waals surface area contributed by atoms with Crippen LogP contribution in [0.1, 0.15) is 34.1 Å². The molecule has 7 nitrogen and oxygen atoms in total. The molecule has 0 aliphatic carbocycles. The third-order valence-corrected chi connectivity index (χ3v) is 8.17. The van der Waals surface area contributed by atoms with Crippen LogP contribution in [0.25, 0.3) is 11.4 Å². The van der Waals surface area contributed by atoms with Crippen molar-refractivity contribution in [3.8, 4) is 11.4 Å². The van der Waals surface area contributed by atoms with E-state index in [0.29, 0.717) is 23.8 Å². The minimum absolute atomic E-state index is 0.0214. The number of nitrogens with zero attached hydrogens (tertiary/aromatic N) is 5. The van der Waals surface area contributed by atoms with Crippen LogP contribution in [0.5, 0.6) is 0 Å². The van der Waals surface area contributed by atoms with Gasteiger partial charge in [-0.3, -0.25) is 4.90 Å². The molecule has 1 saturated heterocycles. The molecule has 1 aromatic heterocycles. The molecule has 2 heterocycles. The maximum absolute atomic E-state index is 12.0. The molecule has 1 fully saturated rings. The smallest absolute Gasteiger partial charge is 0.199 e. The van der Waals surface area contributed by atoms with E-state index >= 15 is 0 Å². The van der Waals surface area contributed by atoms with Gasteiger partial charge in [0.15, 0.2) is 20.4 Å². The van der Waals surface area contributed by atoms with Crippen LogP contribution >= 0.6 is 12.2 Å². The zero-order valence-corrected chi connectivity index (χ0v) is 20.9. The zero-order valence-electron chi connectivity index (χ0n) is 19.3. The number of hydrogen-bond donors (Lipinski definition) is 0. The molecule has 0 saturated carbocycles. The summed E-state index contributed by atoms with van der Waals surface area (Å²) in [5.74, 6) is 1.73. The molecule has 172 valence electrons. The largest absolute Gasteiger partial charge is 0.372 e. The van der Waals surface area contributed by atoms with Crippen LogP contribution in [0, 0.1) is 10.7 Å². The van der Waals surface area contributed by atoms with Gasteiger partial charge in [-0.2, -0.15) is 5.10 Å². The second-order valence-electron chi connectivity index (χ2n) is 8.75. The summed E-state index contributed by atoms with van der Waals surface area (Å²) in [6.07, 6.45) is 0.675. The minimum atomic E-state index is -2.95. The van der Waals surface area contributed by atoms with Gasteiger partial charge in [-0.1, -0.05) is 13.8 Å². The standard InChI is InChI=1S/C22H35N5O2S2/c1-6-25(7-2)19-10-8-18(9-11-19)21-23-27(22(30)24(21)5)16-26(14-17(3)4)20-12-13-31(28,29)15-20/h8-11,17,20H,6-7,12-16H2,1-5H3/t20-/m0/s1. The Morgan fingerprint density at radius 3 is 2.35 bits per heavy atom. The van der Waals surface area contributed by atoms with Crippen molar-refractivity contribution in [2.24, 2.45) is 13.0 Å². The molecule has 0 amide bonds. The van der Waals surface area contributed by atoms with Crippen LogP contribution < -0.4 is 4.90 Å². The molecular weight excluding hydrogens is 430 g/mol. The van der Waals surface area contributed by atoms with Gasteiger partial charge in [0.2, 0.25) is 0 Å². The van der Waals surface area contributed by atoms with E-state index in [9.17, 15) is 8.42 Å². The van der Waals surface area contributed by atoms with E-state index in [4.69, 9.17) is 17.3 Å². The number of hydrogen-bond acceptors (Lipinski definition) is 6. The molecule has 1 atom stereocenters. The molecule has 0 unspecified atom stereocenters. The summed E-state index contributed by atoms with van der Waals surface area (Å²) < 4.78 is 28.5. The molecule has 1 aliphatic rings. The molecule has 2 aromatic rings. The average molecular weight is 466 g/mol. The Morgan fingerprint density at radius 1 is 1.19 bits per heavy atom. The van der Waals surface area contributed by atoms with Gasteiger partial charge >= 0.3 is 0 Å². The third kappa shape index (κ3) is 5.56. The van der Waals surface area contributed by atoms with E-state index in [1.54, 1.807) is 0 Å². The zero-order chi connectivity index (χ0) is 22.8. The lowest BCUT2D eigenvalue weighted by Gasteiger charge is -2.29. The van der Waals surface area contributed by atoms with Crippen LogP contribution in [0.2, 0.25) is 0 Å². The van der Waals surface area contributed by atoms with Crippen molar-refractivity contribution in [1.82, 2.24) is 19.2 Å². The molecule has 0 radical (unpaired) electrons. The van der Waals surface area contributed by atoms with Crippen molar-refractivity contribution in [2.75, 3.05) is 36.0 Å². The van der Waals surface area contributed by atoms with Crippen molar-refractivity contribution >= 4 is 27.7 Å². The van der Waals surface area contributed by atoms with Gasteiger partial charge in [0.05, 0.1) is 18.2 Å². The van der Waals surface area contributed by atoms with Gasteiger partial charge in [-0.15, -0.1) is 0 Å². The first-order valence-corrected chi connectivity index (χ1v) is 13.3. The Labute approximate surface area is 191 Å². The Kier molecular flexibility index (Phi) is 7.59. The fourth-order valence-corrected chi connectivity index (χ4v) is 6.21. The van der Waals surface area contributed by atoms with E-state index in [0.717, 1.165) is 31.0 Å². The lowest BCUT2D eigenvalue weighted by molar-refractivity contribution is 0.137. The maximum Gasteiger partial charge on any atom is 0.199 e. The summed E-state index contributed by atoms with van der Waals surface area (Å²) in [6.45, 7) is 11.9. The number of aromatic nitrogens is 3. The predicted molar refractivity (Wildman–Crippen MR) is 130 cm³/mol. The van der Waals surface area contributed by atoms with Gasteiger partial charge in [-0.25, -0.2) is 13.1 Å². The molecule has 1 aliphatic heterocycles. The van der Waals surface area contributed by atoms with Crippen LogP contribution in [0.15, 0.2) is 24.3 Å². The summed E-state index contributed by atoms with van der Waals surface area (Å²) in [5, 5.41) is 4.82. The quantitative estimate of drug-likeness (QED) is 0.528. The Bertz CT molecular complexity index is 1040. The number of anilines is 1. The van der Waals surface area contributed by atoms with Crippen molar-refractivity contribution in [3.05, 3.63) is 29.0 Å². The van der Waals surface area contributed by atoms with Gasteiger partial charge in [0, 0.05) is 44.0 Å². The highest BCUT2D eigenvalue weighted by Gasteiger charge is 2.33. The van der Waals surface area contributed by atoms with Crippen molar-refractivity contribution < 1.29 is 8.42 Å². The van der Waals surface area contributed by atoms with E-state index in [2.05, 4.69) is 61.8 Å². The van der Waals surface area contributed by atoms with E-state index in [1.807, 2.05) is 16.3 Å². The summed E-state index contributed by atoms with van der Waals surface area (Å²) in [6, 6.07) is 8.44. The first-order chi connectivity index (χ1) is 14.6. The minimum Gasteiger partial charge on any atom is -0.372 e. The highest BCUT2D eigenvalue weighted by atomic mass is 32.2. The van der Waals surface area contributed by atoms with Crippen molar-refractivity contribution in [2.45, 2.75) is 46.8 Å². The summed E-state index contributed by atoms with van der Waals surface area (Å²) in [4.78, 5) is 4.53. The highest BCUT2D eigenvalue weighted by molar-refractivity contribution is 7.91. The first kappa shape index (κ1) is 23.9. The number of benzene rings is 1. The first-order valence-electron chi connectivity index (χ1n) is 11.1. The summed E-state index contributed by atoms with van der Waals surface area (Å²) in [7, 11) is -1.01. The third-order valence-electron chi connectivity index (χ3n) is 5.94. The van der Waals surface area contributed by atoms with Crippen molar-refractivity contribution in [3.63, 3.8) is 0 Å². The van der Waals surface area contributed by atoms with E-state index in [-0.39, 0.29) is 17.5 Å². The number of rotatable bonds is 9. The van der Waals surface area contributed by atoms with Crippen LogP contribution in [-0.4, -0.2) is 64.8 Å². The van der Waals surface area contributed by atoms with Gasteiger partial charge in [0.25, 0.3) is 0 Å². The second-order valence-corrected chi connectivity index (χ2v) is 11.3. The molecule has 0 spiro atoms. The Balaban J connectivity index is 1.86. The highest BCUT2D eigenvalue weighted by Crippen LogP contribution is 2.24. The molecular formula is C22H35N5O2S2. The molecule has 0 N–H and O–H groups in total. The van der Waals surface area contributed by atoms with Crippen LogP contribution in [-0.2, 0) is 23.6 Å². The molecule has 1 aromatic carbocycles. The van der Waals surface area contributed by atoms with Gasteiger partial charge < -0.3 is 9.47 Å². The second kappa shape index (κ2) is 9.83. The fraction of sp³-hybridized carbons (Fsp3) is 0.636. The SMILES string of the molecule is CCN(CC)c1ccc(-c2nn(CN(CC(C)C)[C@H]3CCS(=O)(=O)C3)c(=S)n2C)cc1. The van der Waals surface area contributed by atoms with Gasteiger partial charge in [-0.05, 0) is 62.7 Å². The number of sulfone groups is 1. The fourth-order valence-electron chi connectivity index (χ4n) is 4.27. The topological polar surface area (TPSA) is 63.4 Å². The Morgan fingerprint density at radius 2 is 1.84 bits per heavy atom. The molecule has 9 heteroatoms. The summed E-state index contributed by atoms with van der Waals surface area (Å²) in [5.41, 5.74) is 2.21. The normalized spacial score (nSPS) is 18.2. The van der Waals surface area contributed by atoms with Crippen molar-refractivity contribution in [1.29, 1.82) is 0 Å². The lowest BCUT2D eigenvalue weighted by atomic mass is 10.1. The molecule has 0 bridgehead atoms. The van der Waals surface area contributed by atoms with Crippen LogP contribution in [0.3, 0.4) is 0 Å². The predicted octanol–water partition coefficient (Wildman–Crippen LogP) is 3.57. The Hall–Kier alpha value is -1.71. The molecule has 31 heavy (non-hydrogen) atoms. The maximum atomic E-state index is 12.0. The monoisotopic (exact) mass is 465 g/mol. The van der Waals surface area contributed by atoms with E-state index < -0.39 is 9.84 Å². The van der Waals surface area contributed by atoms with Gasteiger partial charge in [0.1, 0.15) is 0 Å². The summed E-state index contributed by atoms with van der Waals surface area (Å²) >= 11 is 5.68. The lowest BCUT2D eigenvalue weighted by Crippen LogP contribution is -2.40.